The van der Waals surface area contributed by atoms with Crippen molar-refractivity contribution in [2.45, 2.75) is 25.2 Å². The van der Waals surface area contributed by atoms with Gasteiger partial charge in [0.25, 0.3) is 0 Å². The van der Waals surface area contributed by atoms with Crippen LogP contribution < -0.4 is 0 Å². The molecule has 1 aliphatic rings. The van der Waals surface area contributed by atoms with Gasteiger partial charge in [0.2, 0.25) is 5.91 Å². The molecule has 1 atom stereocenters. The molecule has 20 heavy (non-hydrogen) atoms. The summed E-state index contributed by atoms with van der Waals surface area (Å²) in [5, 5.41) is 0. The molecule has 0 saturated carbocycles. The van der Waals surface area contributed by atoms with E-state index in [1.807, 2.05) is 0 Å². The van der Waals surface area contributed by atoms with Gasteiger partial charge in [0.15, 0.2) is 11.6 Å². The van der Waals surface area contributed by atoms with Crippen molar-refractivity contribution in [3.8, 4) is 0 Å². The van der Waals surface area contributed by atoms with Crippen molar-refractivity contribution in [3.63, 3.8) is 0 Å². The zero-order valence-corrected chi connectivity index (χ0v) is 11.6. The zero-order valence-electron chi connectivity index (χ0n) is 11.6. The fourth-order valence-corrected chi connectivity index (χ4v) is 2.61. The highest BCUT2D eigenvalue weighted by Crippen LogP contribution is 2.30. The summed E-state index contributed by atoms with van der Waals surface area (Å²) >= 11 is 0. The number of carbonyl (C=O) groups is 1. The van der Waals surface area contributed by atoms with Gasteiger partial charge in [0, 0.05) is 25.8 Å². The lowest BCUT2D eigenvalue weighted by Crippen LogP contribution is -2.36. The Kier molecular flexibility index (Phi) is 5.06. The predicted molar refractivity (Wildman–Crippen MR) is 71.4 cm³/mol. The van der Waals surface area contributed by atoms with E-state index < -0.39 is 17.6 Å². The highest BCUT2D eigenvalue weighted by atomic mass is 19.2. The molecule has 1 heterocycles. The van der Waals surface area contributed by atoms with Crippen LogP contribution in [0.15, 0.2) is 18.2 Å². The molecule has 2 rings (SSSR count). The minimum atomic E-state index is -0.903. The molecule has 0 spiro atoms. The van der Waals surface area contributed by atoms with Gasteiger partial charge >= 0.3 is 0 Å². The Morgan fingerprint density at radius 1 is 1.35 bits per heavy atom. The Bertz CT molecular complexity index is 479. The van der Waals surface area contributed by atoms with E-state index >= 15 is 0 Å². The molecule has 110 valence electrons. The number of likely N-dealkylation sites (tertiary alicyclic amines) is 1. The van der Waals surface area contributed by atoms with Crippen LogP contribution in [0.2, 0.25) is 0 Å². The van der Waals surface area contributed by atoms with Crippen LogP contribution in [0, 0.1) is 11.6 Å². The highest BCUT2D eigenvalue weighted by molar-refractivity contribution is 5.84. The maximum atomic E-state index is 13.9. The monoisotopic (exact) mass is 283 g/mol. The molecule has 1 aliphatic heterocycles. The molecule has 1 unspecified atom stereocenters. The van der Waals surface area contributed by atoms with Gasteiger partial charge in [-0.25, -0.2) is 8.78 Å². The number of amides is 1. The largest absolute Gasteiger partial charge is 0.383 e. The molecule has 5 heteroatoms. The third kappa shape index (κ3) is 3.15. The van der Waals surface area contributed by atoms with Gasteiger partial charge in [0.1, 0.15) is 0 Å². The van der Waals surface area contributed by atoms with Crippen LogP contribution in [-0.2, 0) is 9.53 Å². The minimum absolute atomic E-state index is 0.135. The molecule has 1 aromatic carbocycles. The van der Waals surface area contributed by atoms with Crippen molar-refractivity contribution >= 4 is 5.91 Å². The topological polar surface area (TPSA) is 29.5 Å². The van der Waals surface area contributed by atoms with Gasteiger partial charge in [-0.05, 0) is 18.9 Å². The Labute approximate surface area is 117 Å². The summed E-state index contributed by atoms with van der Waals surface area (Å²) in [6, 6.07) is 4.02. The Morgan fingerprint density at radius 2 is 2.15 bits per heavy atom. The van der Waals surface area contributed by atoms with Gasteiger partial charge in [-0.15, -0.1) is 0 Å². The van der Waals surface area contributed by atoms with E-state index in [2.05, 4.69) is 0 Å². The van der Waals surface area contributed by atoms with Crippen LogP contribution >= 0.6 is 0 Å². The van der Waals surface area contributed by atoms with Crippen molar-refractivity contribution in [2.24, 2.45) is 0 Å². The van der Waals surface area contributed by atoms with Crippen molar-refractivity contribution < 1.29 is 18.3 Å². The van der Waals surface area contributed by atoms with Crippen molar-refractivity contribution in [1.29, 1.82) is 0 Å². The molecule has 0 aliphatic carbocycles. The fourth-order valence-electron chi connectivity index (χ4n) is 2.61. The van der Waals surface area contributed by atoms with Gasteiger partial charge in [-0.3, -0.25) is 4.79 Å². The molecule has 0 bridgehead atoms. The second kappa shape index (κ2) is 6.79. The van der Waals surface area contributed by atoms with Crippen LogP contribution in [0.25, 0.3) is 0 Å². The number of hydrogen-bond acceptors (Lipinski definition) is 2. The number of methoxy groups -OCH3 is 1. The number of ether oxygens (including phenoxy) is 1. The van der Waals surface area contributed by atoms with E-state index in [4.69, 9.17) is 4.74 Å². The number of nitrogens with zero attached hydrogens (tertiary/aromatic N) is 1. The standard InChI is InChI=1S/C15H19F2NO2/c1-20-10-9-18-8-3-2-5-12(15(18)19)11-6-4-7-13(16)14(11)17/h4,6-7,12H,2-3,5,8-10H2,1H3. The summed E-state index contributed by atoms with van der Waals surface area (Å²) in [6.07, 6.45) is 2.27. The second-order valence-corrected chi connectivity index (χ2v) is 5.01. The van der Waals surface area contributed by atoms with E-state index in [0.717, 1.165) is 18.9 Å². The third-order valence-corrected chi connectivity index (χ3v) is 3.70. The molecule has 0 radical (unpaired) electrons. The summed E-state index contributed by atoms with van der Waals surface area (Å²) < 4.78 is 32.2. The van der Waals surface area contributed by atoms with Gasteiger partial charge < -0.3 is 9.64 Å². The Hall–Kier alpha value is -1.49. The number of halogens is 2. The number of carbonyl (C=O) groups excluding carboxylic acids is 1. The molecule has 1 amide bonds. The third-order valence-electron chi connectivity index (χ3n) is 3.70. The smallest absolute Gasteiger partial charge is 0.230 e. The summed E-state index contributed by atoms with van der Waals surface area (Å²) in [5.41, 5.74) is 0.166. The predicted octanol–water partition coefficient (Wildman–Crippen LogP) is 2.71. The van der Waals surface area contributed by atoms with Crippen molar-refractivity contribution in [3.05, 3.63) is 35.4 Å². The number of hydrogen-bond donors (Lipinski definition) is 0. The lowest BCUT2D eigenvalue weighted by atomic mass is 9.93. The second-order valence-electron chi connectivity index (χ2n) is 5.01. The molecule has 1 aromatic rings. The number of benzene rings is 1. The molecule has 0 N–H and O–H groups in total. The maximum Gasteiger partial charge on any atom is 0.230 e. The average molecular weight is 283 g/mol. The molecule has 3 nitrogen and oxygen atoms in total. The quantitative estimate of drug-likeness (QED) is 0.850. The summed E-state index contributed by atoms with van der Waals surface area (Å²) in [6.45, 7) is 1.59. The molecule has 1 fully saturated rings. The van der Waals surface area contributed by atoms with E-state index in [0.29, 0.717) is 26.1 Å². The molecular weight excluding hydrogens is 264 g/mol. The minimum Gasteiger partial charge on any atom is -0.383 e. The van der Waals surface area contributed by atoms with Crippen LogP contribution in [-0.4, -0.2) is 37.6 Å². The first-order valence-electron chi connectivity index (χ1n) is 6.86. The van der Waals surface area contributed by atoms with Gasteiger partial charge in [-0.1, -0.05) is 18.6 Å². The molecule has 1 saturated heterocycles. The van der Waals surface area contributed by atoms with Crippen LogP contribution in [0.1, 0.15) is 30.7 Å². The summed E-state index contributed by atoms with van der Waals surface area (Å²) in [4.78, 5) is 14.2. The summed E-state index contributed by atoms with van der Waals surface area (Å²) in [5.74, 6) is -2.53. The van der Waals surface area contributed by atoms with Crippen LogP contribution in [0.3, 0.4) is 0 Å². The first-order valence-corrected chi connectivity index (χ1v) is 6.86. The van der Waals surface area contributed by atoms with Crippen LogP contribution in [0.4, 0.5) is 8.78 Å². The van der Waals surface area contributed by atoms with Crippen molar-refractivity contribution in [2.75, 3.05) is 26.8 Å². The van der Waals surface area contributed by atoms with E-state index in [1.165, 1.54) is 12.1 Å². The first kappa shape index (κ1) is 14.9. The van der Waals surface area contributed by atoms with Gasteiger partial charge in [-0.2, -0.15) is 0 Å². The SMILES string of the molecule is COCCN1CCCCC(c2cccc(F)c2F)C1=O. The highest BCUT2D eigenvalue weighted by Gasteiger charge is 2.30. The van der Waals surface area contributed by atoms with Crippen molar-refractivity contribution in [1.82, 2.24) is 4.90 Å². The zero-order chi connectivity index (χ0) is 14.5. The van der Waals surface area contributed by atoms with Crippen LogP contribution in [0.5, 0.6) is 0 Å². The fraction of sp³-hybridized carbons (Fsp3) is 0.533. The molecule has 0 aromatic heterocycles. The molecular formula is C15H19F2NO2. The lowest BCUT2D eigenvalue weighted by molar-refractivity contribution is -0.133. The lowest BCUT2D eigenvalue weighted by Gasteiger charge is -2.24. The van der Waals surface area contributed by atoms with E-state index in [1.54, 1.807) is 12.0 Å². The van der Waals surface area contributed by atoms with E-state index in [9.17, 15) is 13.6 Å². The Morgan fingerprint density at radius 3 is 2.90 bits per heavy atom. The normalized spacial score (nSPS) is 20.1. The maximum absolute atomic E-state index is 13.9. The summed E-state index contributed by atoms with van der Waals surface area (Å²) in [7, 11) is 1.58. The average Bonchev–Trinajstić information content (AvgIpc) is 2.62. The van der Waals surface area contributed by atoms with E-state index in [-0.39, 0.29) is 11.5 Å². The van der Waals surface area contributed by atoms with Gasteiger partial charge in [0.05, 0.1) is 12.5 Å². The Balaban J connectivity index is 2.24. The number of rotatable bonds is 4. The first-order chi connectivity index (χ1) is 9.65.